The van der Waals surface area contributed by atoms with E-state index in [1.807, 2.05) is 37.7 Å². The zero-order valence-corrected chi connectivity index (χ0v) is 10.6. The van der Waals surface area contributed by atoms with Gasteiger partial charge in [0.25, 0.3) is 0 Å². The van der Waals surface area contributed by atoms with Gasteiger partial charge in [-0.3, -0.25) is 0 Å². The Morgan fingerprint density at radius 3 is 1.47 bits per heavy atom. The van der Waals surface area contributed by atoms with Gasteiger partial charge in [0.15, 0.2) is 11.5 Å². The van der Waals surface area contributed by atoms with Crippen LogP contribution in [-0.4, -0.2) is 25.7 Å². The van der Waals surface area contributed by atoms with Crippen LogP contribution in [0.2, 0.25) is 0 Å². The van der Waals surface area contributed by atoms with Crippen LogP contribution in [0.15, 0.2) is 12.1 Å². The molecule has 0 radical (unpaired) electrons. The Morgan fingerprint density at radius 2 is 1.27 bits per heavy atom. The highest BCUT2D eigenvalue weighted by Gasteiger charge is 2.08. The predicted octanol–water partition coefficient (Wildman–Crippen LogP) is 3.05. The van der Waals surface area contributed by atoms with Crippen LogP contribution in [0.4, 0.5) is 0 Å². The van der Waals surface area contributed by atoms with Crippen LogP contribution in [-0.2, 0) is 0 Å². The van der Waals surface area contributed by atoms with Crippen LogP contribution in [0.25, 0.3) is 0 Å². The van der Waals surface area contributed by atoms with Crippen molar-refractivity contribution in [3.8, 4) is 11.5 Å². The lowest BCUT2D eigenvalue weighted by Crippen LogP contribution is -1.94. The highest BCUT2D eigenvalue weighted by molar-refractivity contribution is 8.06. The van der Waals surface area contributed by atoms with E-state index in [1.165, 1.54) is 11.5 Å². The van der Waals surface area contributed by atoms with E-state index in [-0.39, 0.29) is 0 Å². The van der Waals surface area contributed by atoms with Crippen molar-refractivity contribution < 1.29 is 9.47 Å². The maximum Gasteiger partial charge on any atom is 0.163 e. The Morgan fingerprint density at radius 1 is 0.933 bits per heavy atom. The number of benzene rings is 1. The molecule has 1 aromatic carbocycles. The van der Waals surface area contributed by atoms with Gasteiger partial charge in [-0.25, -0.2) is 0 Å². The molecule has 0 saturated carbocycles. The van der Waals surface area contributed by atoms with E-state index in [2.05, 4.69) is 0 Å². The van der Waals surface area contributed by atoms with Gasteiger partial charge in [-0.2, -0.15) is 11.8 Å². The SMILES string of the molecule is C1CS1.COc1c(C)ccc(C)c1OC. The van der Waals surface area contributed by atoms with E-state index in [4.69, 9.17) is 9.47 Å². The molecule has 1 fully saturated rings. The maximum absolute atomic E-state index is 5.22. The molecule has 1 aromatic rings. The molecule has 0 bridgehead atoms. The fraction of sp³-hybridized carbons (Fsp3) is 0.500. The molecule has 0 amide bonds. The summed E-state index contributed by atoms with van der Waals surface area (Å²) in [5.41, 5.74) is 2.19. The molecule has 3 heteroatoms. The first kappa shape index (κ1) is 12.2. The molecular weight excluding hydrogens is 208 g/mol. The Labute approximate surface area is 96.0 Å². The summed E-state index contributed by atoms with van der Waals surface area (Å²) in [6.45, 7) is 4.00. The van der Waals surface area contributed by atoms with Gasteiger partial charge in [0.2, 0.25) is 0 Å². The molecule has 84 valence electrons. The lowest BCUT2D eigenvalue weighted by molar-refractivity contribution is 0.351. The van der Waals surface area contributed by atoms with Gasteiger partial charge in [0, 0.05) is 11.5 Å². The Bertz CT molecular complexity index is 290. The predicted molar refractivity (Wildman–Crippen MR) is 66.3 cm³/mol. The Balaban J connectivity index is 0.000000319. The van der Waals surface area contributed by atoms with E-state index >= 15 is 0 Å². The molecule has 0 aromatic heterocycles. The molecule has 2 nitrogen and oxygen atoms in total. The topological polar surface area (TPSA) is 18.5 Å². The summed E-state index contributed by atoms with van der Waals surface area (Å²) in [5.74, 6) is 4.50. The van der Waals surface area contributed by atoms with Gasteiger partial charge in [-0.15, -0.1) is 0 Å². The number of hydrogen-bond donors (Lipinski definition) is 0. The third kappa shape index (κ3) is 3.67. The Kier molecular flexibility index (Phi) is 4.82. The summed E-state index contributed by atoms with van der Waals surface area (Å²) in [5, 5.41) is 0. The van der Waals surface area contributed by atoms with Crippen LogP contribution in [0, 0.1) is 13.8 Å². The van der Waals surface area contributed by atoms with Gasteiger partial charge >= 0.3 is 0 Å². The largest absolute Gasteiger partial charge is 0.493 e. The van der Waals surface area contributed by atoms with Crippen molar-refractivity contribution >= 4 is 11.8 Å². The van der Waals surface area contributed by atoms with Gasteiger partial charge < -0.3 is 9.47 Å². The van der Waals surface area contributed by atoms with Crippen molar-refractivity contribution in [2.45, 2.75) is 13.8 Å². The summed E-state index contributed by atoms with van der Waals surface area (Å²) < 4.78 is 10.4. The summed E-state index contributed by atoms with van der Waals surface area (Å²) in [4.78, 5) is 0. The second kappa shape index (κ2) is 5.91. The number of hydrogen-bond acceptors (Lipinski definition) is 3. The van der Waals surface area contributed by atoms with Crippen LogP contribution >= 0.6 is 11.8 Å². The van der Waals surface area contributed by atoms with Gasteiger partial charge in [0.1, 0.15) is 0 Å². The fourth-order valence-corrected chi connectivity index (χ4v) is 1.27. The average Bonchev–Trinajstić information content (AvgIpc) is 3.08. The van der Waals surface area contributed by atoms with Crippen molar-refractivity contribution in [1.82, 2.24) is 0 Å². The second-order valence-electron chi connectivity index (χ2n) is 3.38. The molecule has 0 aliphatic carbocycles. The molecule has 0 spiro atoms. The molecule has 0 unspecified atom stereocenters. The first-order valence-corrected chi connectivity index (χ1v) is 6.12. The van der Waals surface area contributed by atoms with Gasteiger partial charge in [-0.1, -0.05) is 12.1 Å². The molecule has 1 aliphatic heterocycles. The molecule has 1 aliphatic rings. The number of thioether (sulfide) groups is 1. The van der Waals surface area contributed by atoms with Crippen LogP contribution in [0.3, 0.4) is 0 Å². The van der Waals surface area contributed by atoms with E-state index in [0.29, 0.717) is 0 Å². The van der Waals surface area contributed by atoms with E-state index in [9.17, 15) is 0 Å². The molecular formula is C12H18O2S. The fourth-order valence-electron chi connectivity index (χ4n) is 1.27. The lowest BCUT2D eigenvalue weighted by Gasteiger charge is -2.12. The maximum atomic E-state index is 5.22. The summed E-state index contributed by atoms with van der Waals surface area (Å²) in [6, 6.07) is 4.05. The number of aryl methyl sites for hydroxylation is 2. The van der Waals surface area contributed by atoms with Crippen molar-refractivity contribution in [2.24, 2.45) is 0 Å². The summed E-state index contributed by atoms with van der Waals surface area (Å²) >= 11 is 2.00. The third-order valence-electron chi connectivity index (χ3n) is 2.12. The first-order chi connectivity index (χ1) is 7.20. The molecule has 15 heavy (non-hydrogen) atoms. The summed E-state index contributed by atoms with van der Waals surface area (Å²) in [7, 11) is 3.31. The zero-order valence-electron chi connectivity index (χ0n) is 9.79. The lowest BCUT2D eigenvalue weighted by atomic mass is 10.1. The molecule has 1 saturated heterocycles. The van der Waals surface area contributed by atoms with Crippen LogP contribution in [0.1, 0.15) is 11.1 Å². The van der Waals surface area contributed by atoms with Crippen molar-refractivity contribution in [1.29, 1.82) is 0 Å². The Hall–Kier alpha value is -0.830. The third-order valence-corrected chi connectivity index (χ3v) is 2.53. The minimum Gasteiger partial charge on any atom is -0.493 e. The number of rotatable bonds is 2. The van der Waals surface area contributed by atoms with Crippen molar-refractivity contribution in [3.63, 3.8) is 0 Å². The molecule has 1 heterocycles. The normalized spacial score (nSPS) is 12.5. The van der Waals surface area contributed by atoms with Crippen molar-refractivity contribution in [2.75, 3.05) is 25.7 Å². The molecule has 0 atom stereocenters. The van der Waals surface area contributed by atoms with Crippen LogP contribution < -0.4 is 9.47 Å². The minimum atomic E-state index is 0.831. The molecule has 0 N–H and O–H groups in total. The molecule has 2 rings (SSSR count). The minimum absolute atomic E-state index is 0.831. The monoisotopic (exact) mass is 226 g/mol. The van der Waals surface area contributed by atoms with Crippen LogP contribution in [0.5, 0.6) is 11.5 Å². The van der Waals surface area contributed by atoms with Crippen molar-refractivity contribution in [3.05, 3.63) is 23.3 Å². The quantitative estimate of drug-likeness (QED) is 0.722. The average molecular weight is 226 g/mol. The highest BCUT2D eigenvalue weighted by atomic mass is 32.2. The van der Waals surface area contributed by atoms with Gasteiger partial charge in [0.05, 0.1) is 14.2 Å². The first-order valence-electron chi connectivity index (χ1n) is 4.96. The number of ether oxygens (including phenoxy) is 2. The van der Waals surface area contributed by atoms with E-state index < -0.39 is 0 Å². The van der Waals surface area contributed by atoms with Gasteiger partial charge in [-0.05, 0) is 25.0 Å². The standard InChI is InChI=1S/C10H14O2.C2H4S/c1-7-5-6-8(2)10(12-4)9(7)11-3;1-2-3-1/h5-6H,1-4H3;1-2H2. The number of methoxy groups -OCH3 is 2. The van der Waals surface area contributed by atoms with E-state index in [0.717, 1.165) is 22.6 Å². The highest BCUT2D eigenvalue weighted by Crippen LogP contribution is 2.33. The van der Waals surface area contributed by atoms with E-state index in [1.54, 1.807) is 14.2 Å². The smallest absolute Gasteiger partial charge is 0.163 e. The zero-order chi connectivity index (χ0) is 11.3. The summed E-state index contributed by atoms with van der Waals surface area (Å²) in [6.07, 6.45) is 0. The second-order valence-corrected chi connectivity index (χ2v) is 4.60.